The number of halogens is 3. The van der Waals surface area contributed by atoms with Crippen molar-refractivity contribution in [1.82, 2.24) is 25.3 Å². The van der Waals surface area contributed by atoms with Crippen molar-refractivity contribution in [3.8, 4) is 0 Å². The number of amides is 5. The monoisotopic (exact) mass is 635 g/mol. The Morgan fingerprint density at radius 3 is 2.02 bits per heavy atom. The van der Waals surface area contributed by atoms with Crippen molar-refractivity contribution >= 4 is 41.5 Å². The highest BCUT2D eigenvalue weighted by Crippen LogP contribution is 2.31. The Labute approximate surface area is 252 Å². The van der Waals surface area contributed by atoms with E-state index in [4.69, 9.17) is 5.11 Å². The minimum atomic E-state index is -5.22. The number of likely N-dealkylation sites (N-methyl/N-ethyl adjacent to an activating group) is 2. The number of nitrogens with zero attached hydrogens (tertiary/aromatic N) is 3. The van der Waals surface area contributed by atoms with E-state index in [1.54, 1.807) is 5.32 Å². The Morgan fingerprint density at radius 1 is 0.955 bits per heavy atom. The molecule has 1 saturated heterocycles. The van der Waals surface area contributed by atoms with Crippen molar-refractivity contribution in [2.24, 2.45) is 5.92 Å². The molecule has 0 aromatic carbocycles. The second kappa shape index (κ2) is 14.7. The van der Waals surface area contributed by atoms with Crippen LogP contribution in [0.15, 0.2) is 0 Å². The molecule has 0 aromatic rings. The highest BCUT2D eigenvalue weighted by molar-refractivity contribution is 5.98. The van der Waals surface area contributed by atoms with E-state index >= 15 is 0 Å². The molecule has 1 aliphatic carbocycles. The second-order valence-corrected chi connectivity index (χ2v) is 11.8. The number of alkyl halides is 3. The largest absolute Gasteiger partial charge is 0.481 e. The molecule has 0 bridgehead atoms. The van der Waals surface area contributed by atoms with Gasteiger partial charge in [-0.15, -0.1) is 0 Å². The zero-order chi connectivity index (χ0) is 33.6. The predicted molar refractivity (Wildman–Crippen MR) is 146 cm³/mol. The fraction of sp³-hybridized carbons (Fsp3) is 0.741. The Kier molecular flexibility index (Phi) is 12.1. The van der Waals surface area contributed by atoms with E-state index in [0.29, 0.717) is 0 Å². The minimum Gasteiger partial charge on any atom is -0.481 e. The van der Waals surface area contributed by atoms with Gasteiger partial charge < -0.3 is 35.5 Å². The van der Waals surface area contributed by atoms with Crippen LogP contribution in [0, 0.1) is 5.92 Å². The third kappa shape index (κ3) is 9.54. The molecule has 0 aromatic heterocycles. The maximum Gasteiger partial charge on any atom is 0.471 e. The van der Waals surface area contributed by atoms with Gasteiger partial charge in [0.15, 0.2) is 0 Å². The van der Waals surface area contributed by atoms with Gasteiger partial charge in [-0.05, 0) is 32.6 Å². The number of carbonyl (C=O) groups is 7. The standard InChI is InChI=1S/C27H40F3N5O9/c1-26(2,32-24(43)27(28,29)30)25(44)35-11-10-17(35)22(40)34(4)18(12-15-8-6-5-7-9-15)21(39)33(3)14-19(36)31-16(23(41)42)13-20(37)38/h15-18H,5-14H2,1-4H3,(H,31,36)(H,32,43)(H,37,38)(H,41,42)/t16-,17-,18-/m0/s1. The molecule has 0 spiro atoms. The first-order valence-electron chi connectivity index (χ1n) is 14.2. The number of carbonyl (C=O) groups excluding carboxylic acids is 5. The zero-order valence-electron chi connectivity index (χ0n) is 25.1. The van der Waals surface area contributed by atoms with Crippen molar-refractivity contribution in [1.29, 1.82) is 0 Å². The van der Waals surface area contributed by atoms with E-state index in [9.17, 15) is 51.8 Å². The quantitative estimate of drug-likeness (QED) is 0.221. The molecule has 2 aliphatic rings. The lowest BCUT2D eigenvalue weighted by molar-refractivity contribution is -0.177. The SMILES string of the molecule is CN(CC(=O)N[C@@H](CC(=O)O)C(=O)O)C(=O)[C@H](CC1CCCCC1)N(C)C(=O)[C@@H]1CCN1C(=O)C(C)(C)NC(=O)C(F)(F)F. The third-order valence-electron chi connectivity index (χ3n) is 7.93. The van der Waals surface area contributed by atoms with Crippen molar-refractivity contribution in [2.75, 3.05) is 27.2 Å². The van der Waals surface area contributed by atoms with E-state index in [2.05, 4.69) is 5.32 Å². The fourth-order valence-electron chi connectivity index (χ4n) is 5.37. The van der Waals surface area contributed by atoms with Crippen LogP contribution in [0.5, 0.6) is 0 Å². The number of rotatable bonds is 13. The summed E-state index contributed by atoms with van der Waals surface area (Å²) in [6.45, 7) is 1.58. The van der Waals surface area contributed by atoms with E-state index in [1.165, 1.54) is 14.1 Å². The Morgan fingerprint density at radius 2 is 1.55 bits per heavy atom. The molecule has 2 rings (SSSR count). The summed E-state index contributed by atoms with van der Waals surface area (Å²) < 4.78 is 38.4. The number of hydrogen-bond acceptors (Lipinski definition) is 7. The average Bonchev–Trinajstić information content (AvgIpc) is 2.89. The first kappa shape index (κ1) is 36.3. The number of aliphatic carboxylic acids is 2. The molecule has 17 heteroatoms. The van der Waals surface area contributed by atoms with Gasteiger partial charge in [0.05, 0.1) is 13.0 Å². The number of nitrogens with one attached hydrogen (secondary N) is 2. The van der Waals surface area contributed by atoms with E-state index in [-0.39, 0.29) is 25.3 Å². The topological polar surface area (TPSA) is 194 Å². The summed E-state index contributed by atoms with van der Waals surface area (Å²) in [6, 6.07) is -3.91. The van der Waals surface area contributed by atoms with Crippen LogP contribution in [0.1, 0.15) is 65.2 Å². The summed E-state index contributed by atoms with van der Waals surface area (Å²) in [4.78, 5) is 89.7. The highest BCUT2D eigenvalue weighted by Gasteiger charge is 2.49. The molecule has 0 radical (unpaired) electrons. The van der Waals surface area contributed by atoms with Crippen LogP contribution >= 0.6 is 0 Å². The fourth-order valence-corrected chi connectivity index (χ4v) is 5.37. The van der Waals surface area contributed by atoms with E-state index < -0.39 is 84.3 Å². The van der Waals surface area contributed by atoms with Crippen LogP contribution in [0.25, 0.3) is 0 Å². The lowest BCUT2D eigenvalue weighted by Crippen LogP contribution is -2.67. The van der Waals surface area contributed by atoms with E-state index in [1.807, 2.05) is 0 Å². The summed E-state index contributed by atoms with van der Waals surface area (Å²) in [6.07, 6.45) is -1.24. The van der Waals surface area contributed by atoms with Crippen LogP contribution in [-0.2, 0) is 33.6 Å². The zero-order valence-corrected chi connectivity index (χ0v) is 25.1. The second-order valence-electron chi connectivity index (χ2n) is 11.8. The Balaban J connectivity index is 2.20. The van der Waals surface area contributed by atoms with Gasteiger partial charge in [-0.2, -0.15) is 13.2 Å². The third-order valence-corrected chi connectivity index (χ3v) is 7.93. The molecule has 2 fully saturated rings. The highest BCUT2D eigenvalue weighted by atomic mass is 19.4. The maximum atomic E-state index is 13.6. The van der Waals surface area contributed by atoms with Gasteiger partial charge >= 0.3 is 24.0 Å². The molecule has 4 N–H and O–H groups in total. The van der Waals surface area contributed by atoms with Crippen LogP contribution in [0.4, 0.5) is 13.2 Å². The number of carboxylic acid groups (broad SMARTS) is 2. The van der Waals surface area contributed by atoms with E-state index in [0.717, 1.165) is 60.7 Å². The summed E-state index contributed by atoms with van der Waals surface area (Å²) in [7, 11) is 2.62. The van der Waals surface area contributed by atoms with Crippen LogP contribution in [0.3, 0.4) is 0 Å². The Bertz CT molecular complexity index is 1140. The molecule has 1 heterocycles. The number of hydrogen-bond donors (Lipinski definition) is 4. The van der Waals surface area contributed by atoms with Gasteiger partial charge in [-0.3, -0.25) is 28.8 Å². The molecule has 0 unspecified atom stereocenters. The van der Waals surface area contributed by atoms with Crippen LogP contribution in [0.2, 0.25) is 0 Å². The average molecular weight is 636 g/mol. The molecule has 248 valence electrons. The van der Waals surface area contributed by atoms with Crippen molar-refractivity contribution in [2.45, 2.75) is 95.1 Å². The predicted octanol–water partition coefficient (Wildman–Crippen LogP) is 0.344. The van der Waals surface area contributed by atoms with Crippen molar-refractivity contribution < 1.29 is 56.9 Å². The molecule has 14 nitrogen and oxygen atoms in total. The maximum absolute atomic E-state index is 13.6. The summed E-state index contributed by atoms with van der Waals surface area (Å²) >= 11 is 0. The van der Waals surface area contributed by atoms with Crippen LogP contribution < -0.4 is 10.6 Å². The van der Waals surface area contributed by atoms with Gasteiger partial charge in [-0.25, -0.2) is 4.79 Å². The normalized spacial score (nSPS) is 18.7. The lowest BCUT2D eigenvalue weighted by atomic mass is 9.84. The van der Waals surface area contributed by atoms with Crippen molar-refractivity contribution in [3.63, 3.8) is 0 Å². The lowest BCUT2D eigenvalue weighted by Gasteiger charge is -2.46. The number of carboxylic acids is 2. The number of likely N-dealkylation sites (tertiary alicyclic amines) is 1. The van der Waals surface area contributed by atoms with Gasteiger partial charge in [0, 0.05) is 20.6 Å². The summed E-state index contributed by atoms with van der Waals surface area (Å²) in [5, 5.41) is 21.8. The first-order valence-corrected chi connectivity index (χ1v) is 14.2. The molecule has 1 aliphatic heterocycles. The molecule has 1 saturated carbocycles. The minimum absolute atomic E-state index is 0.0385. The molecular weight excluding hydrogens is 595 g/mol. The summed E-state index contributed by atoms with van der Waals surface area (Å²) in [5.41, 5.74) is -1.98. The summed E-state index contributed by atoms with van der Waals surface area (Å²) in [5.74, 6) is -8.41. The first-order chi connectivity index (χ1) is 20.3. The van der Waals surface area contributed by atoms with Crippen molar-refractivity contribution in [3.05, 3.63) is 0 Å². The van der Waals surface area contributed by atoms with Gasteiger partial charge in [-0.1, -0.05) is 32.1 Å². The molecule has 3 atom stereocenters. The molecule has 5 amide bonds. The smallest absolute Gasteiger partial charge is 0.471 e. The Hall–Kier alpha value is -3.92. The van der Waals surface area contributed by atoms with Gasteiger partial charge in [0.1, 0.15) is 23.7 Å². The van der Waals surface area contributed by atoms with Gasteiger partial charge in [0.25, 0.3) is 0 Å². The molecular formula is C27H40F3N5O9. The van der Waals surface area contributed by atoms with Crippen LogP contribution in [-0.4, -0.2) is 123 Å². The van der Waals surface area contributed by atoms with Gasteiger partial charge in [0.2, 0.25) is 23.6 Å². The molecule has 44 heavy (non-hydrogen) atoms.